The lowest BCUT2D eigenvalue weighted by Gasteiger charge is -2.33. The molecule has 1 saturated carbocycles. The number of likely N-dealkylation sites (tertiary alicyclic amines) is 1. The number of carbonyl (C=O) groups is 1. The summed E-state index contributed by atoms with van der Waals surface area (Å²) in [4.78, 5) is 18.7. The van der Waals surface area contributed by atoms with Gasteiger partial charge in [0.2, 0.25) is 15.9 Å². The fourth-order valence-electron chi connectivity index (χ4n) is 3.72. The van der Waals surface area contributed by atoms with E-state index in [2.05, 4.69) is 4.98 Å². The fourth-order valence-corrected chi connectivity index (χ4v) is 5.64. The Hall–Kier alpha value is -1.47. The first-order valence-electron chi connectivity index (χ1n) is 8.22. The van der Waals surface area contributed by atoms with E-state index in [0.29, 0.717) is 26.2 Å². The Bertz CT molecular complexity index is 703. The number of piperidine rings is 1. The number of carbonyl (C=O) groups excluding carboxylic acids is 1. The van der Waals surface area contributed by atoms with E-state index >= 15 is 0 Å². The molecular formula is C16H21N3O3S. The normalized spacial score (nSPS) is 28.9. The summed E-state index contributed by atoms with van der Waals surface area (Å²) < 4.78 is 26.4. The van der Waals surface area contributed by atoms with Gasteiger partial charge in [-0.1, -0.05) is 6.07 Å². The molecule has 0 unspecified atom stereocenters. The first-order valence-corrected chi connectivity index (χ1v) is 9.72. The summed E-state index contributed by atoms with van der Waals surface area (Å²) in [5.74, 6) is 0.105. The third-order valence-electron chi connectivity index (χ3n) is 5.21. The second-order valence-corrected chi connectivity index (χ2v) is 9.05. The van der Waals surface area contributed by atoms with Crippen molar-refractivity contribution in [2.75, 3.05) is 19.6 Å². The largest absolute Gasteiger partial charge is 0.338 e. The molecule has 4 rings (SSSR count). The highest BCUT2D eigenvalue weighted by Gasteiger charge is 2.49. The first kappa shape index (κ1) is 15.1. The van der Waals surface area contributed by atoms with Crippen LogP contribution < -0.4 is 0 Å². The van der Waals surface area contributed by atoms with Crippen molar-refractivity contribution >= 4 is 15.9 Å². The maximum absolute atomic E-state index is 12.8. The highest BCUT2D eigenvalue weighted by Crippen LogP contribution is 2.38. The molecule has 6 nitrogen and oxygen atoms in total. The van der Waals surface area contributed by atoms with E-state index in [1.54, 1.807) is 16.7 Å². The summed E-state index contributed by atoms with van der Waals surface area (Å²) in [6, 6.07) is 3.83. The molecule has 3 heterocycles. The van der Waals surface area contributed by atoms with Crippen LogP contribution in [0.25, 0.3) is 0 Å². The summed E-state index contributed by atoms with van der Waals surface area (Å²) >= 11 is 0. The number of fused-ring (bicyclic) bond motifs is 1. The number of pyridine rings is 1. The van der Waals surface area contributed by atoms with Crippen molar-refractivity contribution in [3.05, 3.63) is 30.1 Å². The predicted octanol–water partition coefficient (Wildman–Crippen LogP) is 0.854. The van der Waals surface area contributed by atoms with Crippen LogP contribution in [0.5, 0.6) is 0 Å². The Balaban J connectivity index is 1.46. The van der Waals surface area contributed by atoms with Crippen molar-refractivity contribution < 1.29 is 13.2 Å². The van der Waals surface area contributed by atoms with Crippen LogP contribution >= 0.6 is 0 Å². The van der Waals surface area contributed by atoms with E-state index in [9.17, 15) is 13.2 Å². The molecule has 3 fully saturated rings. The van der Waals surface area contributed by atoms with Crippen LogP contribution in [0.3, 0.4) is 0 Å². The Labute approximate surface area is 136 Å². The maximum Gasteiger partial charge on any atom is 0.227 e. The minimum atomic E-state index is -3.17. The zero-order valence-electron chi connectivity index (χ0n) is 13.0. The van der Waals surface area contributed by atoms with E-state index in [4.69, 9.17) is 0 Å². The van der Waals surface area contributed by atoms with Gasteiger partial charge in [-0.3, -0.25) is 9.78 Å². The van der Waals surface area contributed by atoms with Crippen LogP contribution in [-0.4, -0.2) is 53.4 Å². The SMILES string of the molecule is O=C1[C@@H]2CN(S(=O)(=O)C3CC3)C[C@@H]2CCN1Cc1cccnc1. The molecule has 0 N–H and O–H groups in total. The number of hydrogen-bond acceptors (Lipinski definition) is 4. The number of amides is 1. The topological polar surface area (TPSA) is 70.6 Å². The number of aromatic nitrogens is 1. The zero-order valence-corrected chi connectivity index (χ0v) is 13.8. The van der Waals surface area contributed by atoms with Gasteiger partial charge in [0.25, 0.3) is 0 Å². The molecule has 0 aromatic carbocycles. The molecule has 0 radical (unpaired) electrons. The molecule has 124 valence electrons. The van der Waals surface area contributed by atoms with Crippen molar-refractivity contribution in [2.45, 2.75) is 31.1 Å². The monoisotopic (exact) mass is 335 g/mol. The van der Waals surface area contributed by atoms with Gasteiger partial charge in [0.05, 0.1) is 11.2 Å². The average Bonchev–Trinajstić information content (AvgIpc) is 3.31. The summed E-state index contributed by atoms with van der Waals surface area (Å²) in [5.41, 5.74) is 1.01. The Morgan fingerprint density at radius 2 is 2.04 bits per heavy atom. The van der Waals surface area contributed by atoms with Crippen LogP contribution in [0.4, 0.5) is 0 Å². The van der Waals surface area contributed by atoms with Gasteiger partial charge in [0.15, 0.2) is 0 Å². The molecule has 1 amide bonds. The maximum atomic E-state index is 12.8. The lowest BCUT2D eigenvalue weighted by molar-refractivity contribution is -0.140. The molecular weight excluding hydrogens is 314 g/mol. The molecule has 1 aliphatic carbocycles. The Kier molecular flexibility index (Phi) is 3.65. The zero-order chi connectivity index (χ0) is 16.0. The summed E-state index contributed by atoms with van der Waals surface area (Å²) in [6.45, 7) is 2.15. The van der Waals surface area contributed by atoms with Gasteiger partial charge in [-0.15, -0.1) is 0 Å². The van der Waals surface area contributed by atoms with Crippen molar-refractivity contribution in [2.24, 2.45) is 11.8 Å². The first-order chi connectivity index (χ1) is 11.1. The van der Waals surface area contributed by atoms with Crippen molar-refractivity contribution in [1.29, 1.82) is 0 Å². The Morgan fingerprint density at radius 1 is 1.22 bits per heavy atom. The molecule has 1 aromatic heterocycles. The molecule has 2 saturated heterocycles. The minimum Gasteiger partial charge on any atom is -0.338 e. The summed E-state index contributed by atoms with van der Waals surface area (Å²) in [7, 11) is -3.17. The lowest BCUT2D eigenvalue weighted by atomic mass is 9.88. The van der Waals surface area contributed by atoms with Gasteiger partial charge >= 0.3 is 0 Å². The standard InChI is InChI=1S/C16H21N3O3S/c20-16-15-11-19(23(21,22)14-3-4-14)10-13(15)5-7-18(16)9-12-2-1-6-17-8-12/h1-2,6,8,13-15H,3-5,7,9-11H2/t13-,15+/m0/s1. The molecule has 0 spiro atoms. The predicted molar refractivity (Wildman–Crippen MR) is 84.8 cm³/mol. The summed E-state index contributed by atoms with van der Waals surface area (Å²) in [6.07, 6.45) is 5.92. The van der Waals surface area contributed by atoms with Crippen molar-refractivity contribution in [3.8, 4) is 0 Å². The second kappa shape index (κ2) is 5.56. The number of hydrogen-bond donors (Lipinski definition) is 0. The summed E-state index contributed by atoms with van der Waals surface area (Å²) in [5, 5.41) is -0.191. The van der Waals surface area contributed by atoms with Crippen LogP contribution in [0, 0.1) is 11.8 Å². The number of rotatable bonds is 4. The quantitative estimate of drug-likeness (QED) is 0.818. The lowest BCUT2D eigenvalue weighted by Crippen LogP contribution is -2.44. The van der Waals surface area contributed by atoms with E-state index in [-0.39, 0.29) is 23.0 Å². The van der Waals surface area contributed by atoms with Gasteiger partial charge in [0, 0.05) is 38.6 Å². The average molecular weight is 335 g/mol. The minimum absolute atomic E-state index is 0.0959. The molecule has 3 aliphatic rings. The molecule has 7 heteroatoms. The van der Waals surface area contributed by atoms with E-state index in [1.807, 2.05) is 17.0 Å². The van der Waals surface area contributed by atoms with Crippen LogP contribution in [0.15, 0.2) is 24.5 Å². The smallest absolute Gasteiger partial charge is 0.227 e. The van der Waals surface area contributed by atoms with Gasteiger partial charge in [0.1, 0.15) is 0 Å². The third-order valence-corrected chi connectivity index (χ3v) is 7.54. The van der Waals surface area contributed by atoms with E-state index in [1.165, 1.54) is 0 Å². The molecule has 23 heavy (non-hydrogen) atoms. The van der Waals surface area contributed by atoms with Gasteiger partial charge < -0.3 is 4.90 Å². The van der Waals surface area contributed by atoms with Crippen LogP contribution in [0.2, 0.25) is 0 Å². The second-order valence-electron chi connectivity index (χ2n) is 6.84. The van der Waals surface area contributed by atoms with Crippen molar-refractivity contribution in [3.63, 3.8) is 0 Å². The highest BCUT2D eigenvalue weighted by molar-refractivity contribution is 7.90. The Morgan fingerprint density at radius 3 is 2.74 bits per heavy atom. The number of nitrogens with zero attached hydrogens (tertiary/aromatic N) is 3. The molecule has 1 aromatic rings. The van der Waals surface area contributed by atoms with E-state index in [0.717, 1.165) is 24.8 Å². The molecule has 2 aliphatic heterocycles. The van der Waals surface area contributed by atoms with Crippen LogP contribution in [-0.2, 0) is 21.4 Å². The third kappa shape index (κ3) is 2.76. The van der Waals surface area contributed by atoms with Gasteiger partial charge in [-0.25, -0.2) is 12.7 Å². The van der Waals surface area contributed by atoms with Gasteiger partial charge in [-0.05, 0) is 36.8 Å². The van der Waals surface area contributed by atoms with E-state index < -0.39 is 10.0 Å². The molecule has 0 bridgehead atoms. The van der Waals surface area contributed by atoms with Gasteiger partial charge in [-0.2, -0.15) is 0 Å². The fraction of sp³-hybridized carbons (Fsp3) is 0.625. The van der Waals surface area contributed by atoms with Crippen LogP contribution in [0.1, 0.15) is 24.8 Å². The highest BCUT2D eigenvalue weighted by atomic mass is 32.2. The molecule has 2 atom stereocenters. The van der Waals surface area contributed by atoms with Crippen molar-refractivity contribution in [1.82, 2.24) is 14.2 Å². The number of sulfonamides is 1.